The number of anilines is 1. The number of alkyl halides is 1. The summed E-state index contributed by atoms with van der Waals surface area (Å²) in [4.78, 5) is 2.04. The van der Waals surface area contributed by atoms with E-state index in [1.807, 2.05) is 49.5 Å². The van der Waals surface area contributed by atoms with Crippen LogP contribution in [0.4, 0.5) is 11.4 Å². The number of halogens is 2. The van der Waals surface area contributed by atoms with Gasteiger partial charge in [-0.25, -0.2) is 0 Å². The van der Waals surface area contributed by atoms with Crippen LogP contribution in [0.25, 0.3) is 0 Å². The van der Waals surface area contributed by atoms with Crippen molar-refractivity contribution in [3.05, 3.63) is 36.7 Å². The molecule has 102 valence electrons. The van der Waals surface area contributed by atoms with Crippen LogP contribution in [0.2, 0.25) is 0 Å². The van der Waals surface area contributed by atoms with Crippen LogP contribution in [0.5, 0.6) is 0 Å². The van der Waals surface area contributed by atoms with Crippen molar-refractivity contribution in [2.75, 3.05) is 24.0 Å². The Hall–Kier alpha value is -0.710. The summed E-state index contributed by atoms with van der Waals surface area (Å²) >= 11 is 2.11. The maximum Gasteiger partial charge on any atom is 0.203 e. The summed E-state index contributed by atoms with van der Waals surface area (Å²) in [5, 5.41) is 11.8. The molecule has 5 nitrogen and oxygen atoms in total. The summed E-state index contributed by atoms with van der Waals surface area (Å²) in [6.45, 7) is 0. The first-order valence-electron chi connectivity index (χ1n) is 5.68. The number of rotatable bonds is 4. The first-order chi connectivity index (χ1) is 9.22. The van der Waals surface area contributed by atoms with Crippen molar-refractivity contribution < 1.29 is 0 Å². The molecule has 1 N–H and O–H groups in total. The van der Waals surface area contributed by atoms with Gasteiger partial charge >= 0.3 is 0 Å². The predicted molar refractivity (Wildman–Crippen MR) is 97.2 cm³/mol. The van der Waals surface area contributed by atoms with Crippen molar-refractivity contribution in [3.8, 4) is 0 Å². The van der Waals surface area contributed by atoms with Gasteiger partial charge in [-0.3, -0.25) is 0 Å². The minimum atomic E-state index is -0.257. The first-order valence-corrected chi connectivity index (χ1v) is 9.25. The van der Waals surface area contributed by atoms with Gasteiger partial charge in [0.15, 0.2) is 0 Å². The van der Waals surface area contributed by atoms with Crippen molar-refractivity contribution in [1.29, 1.82) is 0 Å². The molecule has 0 spiro atoms. The highest BCUT2D eigenvalue weighted by Crippen LogP contribution is 2.22. The van der Waals surface area contributed by atoms with Crippen LogP contribution in [-0.2, 0) is 0 Å². The SMILES string of the molecule is CNc1ccc(N=NC2=IN(CI)C=CN2C)cc1. The molecule has 2 rings (SSSR count). The van der Waals surface area contributed by atoms with Gasteiger partial charge in [0.1, 0.15) is 0 Å². The lowest BCUT2D eigenvalue weighted by atomic mass is 10.3. The summed E-state index contributed by atoms with van der Waals surface area (Å²) in [6, 6.07) is 7.91. The van der Waals surface area contributed by atoms with Gasteiger partial charge < -0.3 is 13.3 Å². The lowest BCUT2D eigenvalue weighted by Gasteiger charge is -2.22. The van der Waals surface area contributed by atoms with Gasteiger partial charge in [-0.1, -0.05) is 22.6 Å². The smallest absolute Gasteiger partial charge is 0.203 e. The molecule has 0 atom stereocenters. The Morgan fingerprint density at radius 2 is 1.95 bits per heavy atom. The fourth-order valence-electron chi connectivity index (χ4n) is 1.36. The minimum Gasteiger partial charge on any atom is -0.388 e. The third-order valence-electron chi connectivity index (χ3n) is 2.45. The summed E-state index contributed by atoms with van der Waals surface area (Å²) in [5.41, 5.74) is 1.95. The van der Waals surface area contributed by atoms with E-state index in [9.17, 15) is 0 Å². The second-order valence-corrected chi connectivity index (χ2v) is 7.15. The number of benzene rings is 1. The second kappa shape index (κ2) is 7.17. The van der Waals surface area contributed by atoms with Crippen LogP contribution in [0.1, 0.15) is 0 Å². The average Bonchev–Trinajstić information content (AvgIpc) is 2.47. The zero-order chi connectivity index (χ0) is 13.7. The van der Waals surface area contributed by atoms with Gasteiger partial charge in [0.05, 0.1) is 31.2 Å². The normalized spacial score (nSPS) is 15.4. The molecule has 0 saturated carbocycles. The van der Waals surface area contributed by atoms with Crippen molar-refractivity contribution in [3.63, 3.8) is 0 Å². The Morgan fingerprint density at radius 3 is 2.58 bits per heavy atom. The van der Waals surface area contributed by atoms with Crippen LogP contribution < -0.4 is 5.32 Å². The van der Waals surface area contributed by atoms with E-state index in [1.165, 1.54) is 0 Å². The van der Waals surface area contributed by atoms with Crippen molar-refractivity contribution in [2.24, 2.45) is 10.2 Å². The Balaban J connectivity index is 2.10. The summed E-state index contributed by atoms with van der Waals surface area (Å²) in [5.74, 6) is 0. The van der Waals surface area contributed by atoms with Crippen molar-refractivity contribution in [1.82, 2.24) is 8.01 Å². The Labute approximate surface area is 137 Å². The predicted octanol–water partition coefficient (Wildman–Crippen LogP) is 3.90. The van der Waals surface area contributed by atoms with E-state index in [1.54, 1.807) is 0 Å². The van der Waals surface area contributed by atoms with E-state index in [4.69, 9.17) is 0 Å². The molecule has 7 heteroatoms. The average molecular weight is 483 g/mol. The fourth-order valence-corrected chi connectivity index (χ4v) is 4.15. The van der Waals surface area contributed by atoms with Gasteiger partial charge in [0, 0.05) is 32.2 Å². The minimum absolute atomic E-state index is 0.257. The van der Waals surface area contributed by atoms with Gasteiger partial charge in [0.2, 0.25) is 3.76 Å². The Bertz CT molecular complexity index is 509. The lowest BCUT2D eigenvalue weighted by Crippen LogP contribution is -2.22. The molecule has 0 aromatic heterocycles. The van der Waals surface area contributed by atoms with E-state index in [2.05, 4.69) is 47.4 Å². The molecular weight excluding hydrogens is 468 g/mol. The van der Waals surface area contributed by atoms with E-state index in [-0.39, 0.29) is 21.0 Å². The Kier molecular flexibility index (Phi) is 5.55. The van der Waals surface area contributed by atoms with Gasteiger partial charge in [-0.2, -0.15) is 0 Å². The maximum absolute atomic E-state index is 4.39. The number of hydrogen-bond donors (Lipinski definition) is 1. The molecular formula is C12H15I2N5. The third kappa shape index (κ3) is 4.13. The molecule has 1 aliphatic rings. The zero-order valence-corrected chi connectivity index (χ0v) is 15.0. The van der Waals surface area contributed by atoms with E-state index >= 15 is 0 Å². The highest BCUT2D eigenvalue weighted by molar-refractivity contribution is 14.2. The molecule has 0 amide bonds. The Morgan fingerprint density at radius 1 is 1.21 bits per heavy atom. The van der Waals surface area contributed by atoms with Crippen LogP contribution in [0, 0.1) is 0 Å². The molecule has 1 heterocycles. The number of nitrogens with zero attached hydrogens (tertiary/aromatic N) is 4. The molecule has 0 radical (unpaired) electrons. The monoisotopic (exact) mass is 483 g/mol. The largest absolute Gasteiger partial charge is 0.388 e. The molecule has 0 aliphatic carbocycles. The van der Waals surface area contributed by atoms with Crippen LogP contribution in [-0.4, -0.2) is 30.4 Å². The molecule has 1 aromatic rings. The van der Waals surface area contributed by atoms with Gasteiger partial charge in [-0.05, 0) is 24.3 Å². The topological polar surface area (TPSA) is 43.2 Å². The van der Waals surface area contributed by atoms with Gasteiger partial charge in [-0.15, -0.1) is 10.2 Å². The zero-order valence-electron chi connectivity index (χ0n) is 10.7. The molecule has 1 aliphatic heterocycles. The quantitative estimate of drug-likeness (QED) is 0.233. The maximum atomic E-state index is 4.39. The summed E-state index contributed by atoms with van der Waals surface area (Å²) < 4.78 is 4.33. The molecule has 1 aromatic carbocycles. The highest BCUT2D eigenvalue weighted by atomic mass is 127. The molecule has 0 bridgehead atoms. The molecule has 19 heavy (non-hydrogen) atoms. The van der Waals surface area contributed by atoms with E-state index < -0.39 is 0 Å². The lowest BCUT2D eigenvalue weighted by molar-refractivity contribution is 0.661. The summed E-state index contributed by atoms with van der Waals surface area (Å²) in [7, 11) is 3.91. The first kappa shape index (κ1) is 14.7. The number of hydrogen-bond acceptors (Lipinski definition) is 5. The van der Waals surface area contributed by atoms with Crippen LogP contribution in [0.15, 0.2) is 46.9 Å². The molecule has 0 unspecified atom stereocenters. The van der Waals surface area contributed by atoms with E-state index in [0.717, 1.165) is 19.7 Å². The second-order valence-electron chi connectivity index (χ2n) is 3.78. The van der Waals surface area contributed by atoms with E-state index in [0.29, 0.717) is 0 Å². The highest BCUT2D eigenvalue weighted by Gasteiger charge is 2.09. The number of azo groups is 1. The fraction of sp³-hybridized carbons (Fsp3) is 0.250. The molecule has 0 saturated heterocycles. The van der Waals surface area contributed by atoms with Crippen molar-refractivity contribution in [2.45, 2.75) is 0 Å². The standard InChI is InChI=1S/C12H15I2N5/c1-15-10-3-5-11(6-4-10)16-17-12-14-19(9-13)8-7-18(12)2/h3-8,15H,9H2,1-2H3. The van der Waals surface area contributed by atoms with Crippen molar-refractivity contribution >= 4 is 58.7 Å². The van der Waals surface area contributed by atoms with Crippen LogP contribution in [0.3, 0.4) is 0 Å². The third-order valence-corrected chi connectivity index (χ3v) is 7.18. The molecule has 0 fully saturated rings. The number of nitrogens with one attached hydrogen (secondary N) is 1. The van der Waals surface area contributed by atoms with Gasteiger partial charge in [0.25, 0.3) is 0 Å². The van der Waals surface area contributed by atoms with Crippen LogP contribution >= 0.6 is 43.6 Å². The summed E-state index contributed by atoms with van der Waals surface area (Å²) in [6.07, 6.45) is 4.14.